The molecule has 7 fully saturated rings. The highest BCUT2D eigenvalue weighted by Gasteiger charge is 2.73. The Morgan fingerprint density at radius 2 is 1.77 bits per heavy atom. The van der Waals surface area contributed by atoms with Gasteiger partial charge in [-0.2, -0.15) is 0 Å². The Balaban J connectivity index is 1.11. The van der Waals surface area contributed by atoms with Crippen molar-refractivity contribution < 1.29 is 41.7 Å². The molecule has 1 aromatic rings. The zero-order valence-corrected chi connectivity index (χ0v) is 27.0. The topological polar surface area (TPSA) is 126 Å². The highest BCUT2D eigenvalue weighted by atomic mass is 32.2. The standard InChI is InChI=1S/C31H43N3O9S/c1-28(2)18-9-10-31(28)16-44(36,37)34(22(31)12-18)26(35)20-13-19(17-8-7-11-32-14-17)33(43-20)27-25-24(41-30(5,6)42-25)23(39-27)21-15-38-29(3,4)40-21/h7-8,11,14,18-25,27H,9-10,12-13,15-16H2,1-6H3/t18?,19-,20-,21-,22-,23+,24-,25-,27+,31?/m0/s1. The van der Waals surface area contributed by atoms with E-state index < -0.39 is 75.7 Å². The van der Waals surface area contributed by atoms with Gasteiger partial charge in [0.1, 0.15) is 24.4 Å². The molecule has 242 valence electrons. The van der Waals surface area contributed by atoms with Crippen LogP contribution in [0.4, 0.5) is 0 Å². The predicted octanol–water partition coefficient (Wildman–Crippen LogP) is 2.89. The summed E-state index contributed by atoms with van der Waals surface area (Å²) < 4.78 is 60.1. The normalized spacial score (nSPS) is 46.0. The van der Waals surface area contributed by atoms with Crippen LogP contribution in [-0.4, -0.2) is 95.4 Å². The highest BCUT2D eigenvalue weighted by Crippen LogP contribution is 2.70. The molecular formula is C31H43N3O9S. The van der Waals surface area contributed by atoms with Gasteiger partial charge in [0.15, 0.2) is 23.9 Å². The van der Waals surface area contributed by atoms with Gasteiger partial charge >= 0.3 is 0 Å². The molecule has 0 aromatic carbocycles. The van der Waals surface area contributed by atoms with E-state index in [1.165, 1.54) is 4.31 Å². The SMILES string of the molecule is CC1(C)O[C@H]2[C@@H]([C@@H]3COC(C)(C)O3)O[C@@H](N3O[C@H](C(=O)N4[C@H]5CC6CCC5(CS4(=O)=O)C6(C)C)C[C@H]3c3cccnc3)[C@H]2O1. The number of amides is 1. The van der Waals surface area contributed by atoms with Crippen molar-refractivity contribution in [3.8, 4) is 0 Å². The number of sulfonamides is 1. The van der Waals surface area contributed by atoms with E-state index in [4.69, 9.17) is 28.5 Å². The van der Waals surface area contributed by atoms with Gasteiger partial charge in [-0.25, -0.2) is 12.7 Å². The van der Waals surface area contributed by atoms with Crippen LogP contribution in [0.5, 0.6) is 0 Å². The van der Waals surface area contributed by atoms with Gasteiger partial charge in [-0.3, -0.25) is 14.6 Å². The molecule has 12 nitrogen and oxygen atoms in total. The van der Waals surface area contributed by atoms with E-state index in [0.717, 1.165) is 18.4 Å². The molecule has 7 aliphatic rings. The zero-order chi connectivity index (χ0) is 31.0. The number of pyridine rings is 1. The predicted molar refractivity (Wildman–Crippen MR) is 154 cm³/mol. The Morgan fingerprint density at radius 3 is 2.45 bits per heavy atom. The van der Waals surface area contributed by atoms with Crippen LogP contribution in [0, 0.1) is 16.7 Å². The van der Waals surface area contributed by atoms with E-state index in [1.807, 2.05) is 39.8 Å². The van der Waals surface area contributed by atoms with Crippen LogP contribution >= 0.6 is 0 Å². The third kappa shape index (κ3) is 4.16. The van der Waals surface area contributed by atoms with Crippen molar-refractivity contribution in [3.63, 3.8) is 0 Å². The van der Waals surface area contributed by atoms with E-state index in [9.17, 15) is 13.2 Å². The summed E-state index contributed by atoms with van der Waals surface area (Å²) in [6.45, 7) is 12.1. The number of rotatable bonds is 4. The molecule has 1 amide bonds. The lowest BCUT2D eigenvalue weighted by Crippen LogP contribution is -2.48. The number of hydrogen-bond acceptors (Lipinski definition) is 11. The first-order valence-corrected chi connectivity index (χ1v) is 17.5. The van der Waals surface area contributed by atoms with E-state index in [2.05, 4.69) is 18.8 Å². The third-order valence-electron chi connectivity index (χ3n) is 11.7. The van der Waals surface area contributed by atoms with Crippen LogP contribution in [0.25, 0.3) is 0 Å². The maximum absolute atomic E-state index is 14.3. The summed E-state index contributed by atoms with van der Waals surface area (Å²) in [6, 6.07) is 2.98. The molecular weight excluding hydrogens is 590 g/mol. The van der Waals surface area contributed by atoms with Gasteiger partial charge in [0.05, 0.1) is 24.4 Å². The molecule has 0 radical (unpaired) electrons. The first-order chi connectivity index (χ1) is 20.6. The maximum Gasteiger partial charge on any atom is 0.267 e. The van der Waals surface area contributed by atoms with Gasteiger partial charge in [-0.15, -0.1) is 5.06 Å². The number of hydroxylamine groups is 2. The van der Waals surface area contributed by atoms with Gasteiger partial charge in [0.25, 0.3) is 5.91 Å². The molecule has 1 spiro atoms. The molecule has 2 saturated carbocycles. The van der Waals surface area contributed by atoms with Crippen LogP contribution < -0.4 is 0 Å². The Kier molecular flexibility index (Phi) is 6.36. The van der Waals surface area contributed by atoms with Gasteiger partial charge in [-0.05, 0) is 69.9 Å². The molecule has 5 saturated heterocycles. The van der Waals surface area contributed by atoms with Crippen molar-refractivity contribution in [1.82, 2.24) is 14.4 Å². The number of fused-ring (bicyclic) bond motifs is 2. The van der Waals surface area contributed by atoms with Gasteiger partial charge in [0, 0.05) is 24.2 Å². The Morgan fingerprint density at radius 1 is 1.00 bits per heavy atom. The van der Waals surface area contributed by atoms with Crippen LogP contribution in [0.1, 0.15) is 78.8 Å². The van der Waals surface area contributed by atoms with E-state index in [-0.39, 0.29) is 23.6 Å². The Bertz CT molecular complexity index is 1450. The smallest absolute Gasteiger partial charge is 0.267 e. The van der Waals surface area contributed by atoms with Crippen molar-refractivity contribution in [2.75, 3.05) is 12.4 Å². The molecule has 1 aromatic heterocycles. The first kappa shape index (κ1) is 29.7. The average molecular weight is 634 g/mol. The van der Waals surface area contributed by atoms with Crippen LogP contribution in [0.2, 0.25) is 0 Å². The van der Waals surface area contributed by atoms with Crippen molar-refractivity contribution in [2.45, 2.75) is 128 Å². The fourth-order valence-electron chi connectivity index (χ4n) is 9.52. The Labute approximate surface area is 258 Å². The lowest BCUT2D eigenvalue weighted by molar-refractivity contribution is -0.290. The molecule has 44 heavy (non-hydrogen) atoms. The lowest BCUT2D eigenvalue weighted by atomic mass is 9.69. The maximum atomic E-state index is 14.3. The molecule has 13 heteroatoms. The summed E-state index contributed by atoms with van der Waals surface area (Å²) >= 11 is 0. The monoisotopic (exact) mass is 633 g/mol. The summed E-state index contributed by atoms with van der Waals surface area (Å²) in [7, 11) is -3.81. The molecule has 2 unspecified atom stereocenters. The number of carbonyl (C=O) groups is 1. The lowest BCUT2D eigenvalue weighted by Gasteiger charge is -2.37. The van der Waals surface area contributed by atoms with Crippen molar-refractivity contribution in [3.05, 3.63) is 30.1 Å². The highest BCUT2D eigenvalue weighted by molar-refractivity contribution is 7.90. The van der Waals surface area contributed by atoms with Crippen LogP contribution in [-0.2, 0) is 43.3 Å². The van der Waals surface area contributed by atoms with Gasteiger partial charge < -0.3 is 23.7 Å². The molecule has 10 atom stereocenters. The molecule has 8 rings (SSSR count). The van der Waals surface area contributed by atoms with Crippen molar-refractivity contribution in [2.24, 2.45) is 16.7 Å². The molecule has 2 aliphatic carbocycles. The average Bonchev–Trinajstić information content (AvgIpc) is 3.77. The van der Waals surface area contributed by atoms with Gasteiger partial charge in [0.2, 0.25) is 10.0 Å². The summed E-state index contributed by atoms with van der Waals surface area (Å²) in [6.07, 6.45) is 2.48. The second-order valence-corrected chi connectivity index (χ2v) is 17.0. The number of carbonyl (C=O) groups excluding carboxylic acids is 1. The number of nitrogens with zero attached hydrogens (tertiary/aromatic N) is 3. The zero-order valence-electron chi connectivity index (χ0n) is 26.2. The minimum atomic E-state index is -3.81. The minimum absolute atomic E-state index is 0.0135. The van der Waals surface area contributed by atoms with Crippen LogP contribution in [0.15, 0.2) is 24.5 Å². The molecule has 5 aliphatic heterocycles. The number of hydrogen-bond donors (Lipinski definition) is 0. The second kappa shape index (κ2) is 9.43. The fourth-order valence-corrected chi connectivity index (χ4v) is 12.1. The number of ether oxygens (including phenoxy) is 5. The minimum Gasteiger partial charge on any atom is -0.349 e. The summed E-state index contributed by atoms with van der Waals surface area (Å²) in [5.41, 5.74) is 0.267. The van der Waals surface area contributed by atoms with E-state index in [1.54, 1.807) is 17.5 Å². The molecule has 0 N–H and O–H groups in total. The molecule has 6 heterocycles. The first-order valence-electron chi connectivity index (χ1n) is 15.9. The number of aromatic nitrogens is 1. The van der Waals surface area contributed by atoms with Crippen molar-refractivity contribution >= 4 is 15.9 Å². The van der Waals surface area contributed by atoms with E-state index >= 15 is 0 Å². The van der Waals surface area contributed by atoms with Crippen LogP contribution in [0.3, 0.4) is 0 Å². The fraction of sp³-hybridized carbons (Fsp3) is 0.806. The van der Waals surface area contributed by atoms with Gasteiger partial charge in [-0.1, -0.05) is 19.9 Å². The Hall–Kier alpha value is -1.71. The quantitative estimate of drug-likeness (QED) is 0.486. The van der Waals surface area contributed by atoms with Crippen molar-refractivity contribution in [1.29, 1.82) is 0 Å². The largest absolute Gasteiger partial charge is 0.349 e. The van der Waals surface area contributed by atoms with E-state index in [0.29, 0.717) is 18.9 Å². The second-order valence-electron chi connectivity index (χ2n) is 15.2. The third-order valence-corrected chi connectivity index (χ3v) is 13.6. The molecule has 2 bridgehead atoms. The summed E-state index contributed by atoms with van der Waals surface area (Å²) in [4.78, 5) is 25.2. The summed E-state index contributed by atoms with van der Waals surface area (Å²) in [5, 5.41) is 1.67. The summed E-state index contributed by atoms with van der Waals surface area (Å²) in [5.74, 6) is -1.73.